The van der Waals surface area contributed by atoms with Crippen molar-refractivity contribution in [3.63, 3.8) is 0 Å². The van der Waals surface area contributed by atoms with Crippen LogP contribution in [0.25, 0.3) is 0 Å². The Labute approximate surface area is 115 Å². The van der Waals surface area contributed by atoms with Crippen LogP contribution in [0.5, 0.6) is 0 Å². The molecule has 0 atom stereocenters. The lowest BCUT2D eigenvalue weighted by Crippen LogP contribution is -2.36. The van der Waals surface area contributed by atoms with E-state index in [2.05, 4.69) is 0 Å². The molecule has 0 fully saturated rings. The summed E-state index contributed by atoms with van der Waals surface area (Å²) in [5.41, 5.74) is -0.573. The molecule has 2 aromatic rings. The van der Waals surface area contributed by atoms with E-state index in [0.29, 0.717) is 5.56 Å². The molecule has 0 aromatic heterocycles. The van der Waals surface area contributed by atoms with Gasteiger partial charge in [0, 0.05) is 11.1 Å². The number of aryl methyl sites for hydroxylation is 1. The molecule has 0 aliphatic heterocycles. The Kier molecular flexibility index (Phi) is 3.59. The Morgan fingerprint density at radius 1 is 0.700 bits per heavy atom. The van der Waals surface area contributed by atoms with E-state index in [1.807, 2.05) is 0 Å². The normalized spacial score (nSPS) is 12.5. The van der Waals surface area contributed by atoms with Crippen LogP contribution in [-0.4, -0.2) is 0 Å². The lowest BCUT2D eigenvalue weighted by Gasteiger charge is -2.28. The molecular weight excluding hydrogens is 268 g/mol. The maximum absolute atomic E-state index is 14.3. The Morgan fingerprint density at radius 2 is 1.30 bits per heavy atom. The second-order valence-electron chi connectivity index (χ2n) is 4.76. The Morgan fingerprint density at radius 3 is 1.90 bits per heavy atom. The standard InChI is InChI=1S/C16H14F4/c1-11-7-6-10-14(12(11)2)16(19,20)15(17,18)13-8-4-3-5-9-13/h3-10H,1-2H3. The molecule has 0 amide bonds. The van der Waals surface area contributed by atoms with Crippen molar-refractivity contribution in [1.82, 2.24) is 0 Å². The van der Waals surface area contributed by atoms with Crippen molar-refractivity contribution < 1.29 is 17.6 Å². The minimum Gasteiger partial charge on any atom is -0.194 e. The van der Waals surface area contributed by atoms with Crippen LogP contribution < -0.4 is 0 Å². The van der Waals surface area contributed by atoms with Gasteiger partial charge in [-0.1, -0.05) is 48.5 Å². The zero-order valence-electron chi connectivity index (χ0n) is 11.1. The smallest absolute Gasteiger partial charge is 0.194 e. The van der Waals surface area contributed by atoms with E-state index < -0.39 is 23.0 Å². The van der Waals surface area contributed by atoms with Crippen LogP contribution in [0.15, 0.2) is 48.5 Å². The molecule has 4 heteroatoms. The first-order valence-corrected chi connectivity index (χ1v) is 6.16. The third-order valence-corrected chi connectivity index (χ3v) is 3.47. The van der Waals surface area contributed by atoms with Crippen LogP contribution in [0.4, 0.5) is 17.6 Å². The molecule has 0 aliphatic rings. The minimum absolute atomic E-state index is 0.188. The molecule has 106 valence electrons. The van der Waals surface area contributed by atoms with Gasteiger partial charge in [0.05, 0.1) is 0 Å². The molecule has 0 N–H and O–H groups in total. The van der Waals surface area contributed by atoms with E-state index in [9.17, 15) is 17.6 Å². The van der Waals surface area contributed by atoms with Crippen LogP contribution in [0.2, 0.25) is 0 Å². The number of hydrogen-bond acceptors (Lipinski definition) is 0. The molecule has 0 aliphatic carbocycles. The molecule has 0 spiro atoms. The van der Waals surface area contributed by atoms with Crippen molar-refractivity contribution in [2.75, 3.05) is 0 Å². The third-order valence-electron chi connectivity index (χ3n) is 3.47. The number of rotatable bonds is 3. The van der Waals surface area contributed by atoms with Gasteiger partial charge in [-0.3, -0.25) is 0 Å². The number of halogens is 4. The zero-order chi connectivity index (χ0) is 15.0. The molecule has 20 heavy (non-hydrogen) atoms. The van der Waals surface area contributed by atoms with E-state index >= 15 is 0 Å². The van der Waals surface area contributed by atoms with Crippen LogP contribution in [0.3, 0.4) is 0 Å². The average Bonchev–Trinajstić information content (AvgIpc) is 2.42. The van der Waals surface area contributed by atoms with E-state index in [0.717, 1.165) is 18.2 Å². The highest BCUT2D eigenvalue weighted by molar-refractivity contribution is 5.39. The van der Waals surface area contributed by atoms with Gasteiger partial charge in [0.2, 0.25) is 0 Å². The second kappa shape index (κ2) is 4.93. The summed E-state index contributed by atoms with van der Waals surface area (Å²) in [6.45, 7) is 3.05. The number of hydrogen-bond donors (Lipinski definition) is 0. The predicted molar refractivity (Wildman–Crippen MR) is 70.1 cm³/mol. The van der Waals surface area contributed by atoms with E-state index in [1.54, 1.807) is 13.0 Å². The van der Waals surface area contributed by atoms with Crippen molar-refractivity contribution in [2.45, 2.75) is 25.7 Å². The Bertz CT molecular complexity index is 603. The van der Waals surface area contributed by atoms with Crippen LogP contribution in [-0.2, 0) is 11.8 Å². The van der Waals surface area contributed by atoms with Gasteiger partial charge in [0.15, 0.2) is 0 Å². The molecule has 0 saturated heterocycles. The maximum atomic E-state index is 14.3. The average molecular weight is 282 g/mol. The summed E-state index contributed by atoms with van der Waals surface area (Å²) in [4.78, 5) is 0. The molecule has 0 bridgehead atoms. The van der Waals surface area contributed by atoms with Crippen LogP contribution in [0.1, 0.15) is 22.3 Å². The summed E-state index contributed by atoms with van der Waals surface area (Å²) in [5, 5.41) is 0. The minimum atomic E-state index is -4.26. The van der Waals surface area contributed by atoms with Crippen molar-refractivity contribution in [2.24, 2.45) is 0 Å². The maximum Gasteiger partial charge on any atom is 0.340 e. The predicted octanol–water partition coefficient (Wildman–Crippen LogP) is 5.19. The van der Waals surface area contributed by atoms with Gasteiger partial charge in [-0.2, -0.15) is 17.6 Å². The molecule has 2 aromatic carbocycles. The SMILES string of the molecule is Cc1cccc(C(F)(F)C(F)(F)c2ccccc2)c1C. The van der Waals surface area contributed by atoms with Gasteiger partial charge in [-0.05, 0) is 25.0 Å². The number of benzene rings is 2. The highest BCUT2D eigenvalue weighted by Crippen LogP contribution is 2.50. The summed E-state index contributed by atoms with van der Waals surface area (Å²) in [7, 11) is 0. The zero-order valence-corrected chi connectivity index (χ0v) is 11.1. The molecule has 0 heterocycles. The van der Waals surface area contributed by atoms with Crippen molar-refractivity contribution >= 4 is 0 Å². The Balaban J connectivity index is 2.57. The lowest BCUT2D eigenvalue weighted by molar-refractivity contribution is -0.224. The summed E-state index contributed by atoms with van der Waals surface area (Å²) in [5.74, 6) is -8.52. The van der Waals surface area contributed by atoms with Gasteiger partial charge < -0.3 is 0 Å². The van der Waals surface area contributed by atoms with E-state index in [1.165, 1.54) is 31.2 Å². The van der Waals surface area contributed by atoms with Crippen molar-refractivity contribution in [1.29, 1.82) is 0 Å². The fourth-order valence-corrected chi connectivity index (χ4v) is 2.09. The van der Waals surface area contributed by atoms with Gasteiger partial charge in [-0.15, -0.1) is 0 Å². The van der Waals surface area contributed by atoms with Gasteiger partial charge in [0.1, 0.15) is 0 Å². The largest absolute Gasteiger partial charge is 0.340 e. The first kappa shape index (κ1) is 14.6. The molecule has 0 radical (unpaired) electrons. The summed E-state index contributed by atoms with van der Waals surface area (Å²) in [6, 6.07) is 10.2. The van der Waals surface area contributed by atoms with Gasteiger partial charge in [-0.25, -0.2) is 0 Å². The van der Waals surface area contributed by atoms with E-state index in [-0.39, 0.29) is 5.56 Å². The van der Waals surface area contributed by atoms with Crippen LogP contribution >= 0.6 is 0 Å². The molecule has 0 saturated carbocycles. The molecular formula is C16H14F4. The van der Waals surface area contributed by atoms with Crippen molar-refractivity contribution in [3.05, 3.63) is 70.8 Å². The summed E-state index contributed by atoms with van der Waals surface area (Å²) >= 11 is 0. The highest BCUT2D eigenvalue weighted by atomic mass is 19.3. The fraction of sp³-hybridized carbons (Fsp3) is 0.250. The van der Waals surface area contributed by atoms with Crippen LogP contribution in [0, 0.1) is 13.8 Å². The monoisotopic (exact) mass is 282 g/mol. The first-order chi connectivity index (χ1) is 9.28. The quantitative estimate of drug-likeness (QED) is 0.680. The van der Waals surface area contributed by atoms with Gasteiger partial charge >= 0.3 is 11.8 Å². The Hall–Kier alpha value is -1.84. The summed E-state index contributed by atoms with van der Waals surface area (Å²) in [6.07, 6.45) is 0. The second-order valence-corrected chi connectivity index (χ2v) is 4.76. The van der Waals surface area contributed by atoms with E-state index in [4.69, 9.17) is 0 Å². The fourth-order valence-electron chi connectivity index (χ4n) is 2.09. The highest BCUT2D eigenvalue weighted by Gasteiger charge is 2.58. The third kappa shape index (κ3) is 2.19. The van der Waals surface area contributed by atoms with Gasteiger partial charge in [0.25, 0.3) is 0 Å². The lowest BCUT2D eigenvalue weighted by atomic mass is 9.91. The summed E-state index contributed by atoms with van der Waals surface area (Å²) < 4.78 is 57.0. The topological polar surface area (TPSA) is 0 Å². The molecule has 0 nitrogen and oxygen atoms in total. The van der Waals surface area contributed by atoms with Crippen molar-refractivity contribution in [3.8, 4) is 0 Å². The first-order valence-electron chi connectivity index (χ1n) is 6.16. The molecule has 2 rings (SSSR count). The number of alkyl halides is 4. The molecule has 0 unspecified atom stereocenters.